The Morgan fingerprint density at radius 2 is 2.40 bits per heavy atom. The molecule has 0 radical (unpaired) electrons. The molecule has 4 nitrogen and oxygen atoms in total. The third-order valence-electron chi connectivity index (χ3n) is 2.08. The van der Waals surface area contributed by atoms with Crippen molar-refractivity contribution in [1.29, 1.82) is 0 Å². The van der Waals surface area contributed by atoms with E-state index in [2.05, 4.69) is 10.7 Å². The van der Waals surface area contributed by atoms with Gasteiger partial charge in [-0.25, -0.2) is 5.84 Å². The van der Waals surface area contributed by atoms with Crippen molar-refractivity contribution in [3.63, 3.8) is 0 Å². The monoisotopic (exact) mass is 143 g/mol. The Morgan fingerprint density at radius 1 is 1.80 bits per heavy atom. The zero-order valence-corrected chi connectivity index (χ0v) is 6.05. The normalized spacial score (nSPS) is 21.4. The lowest BCUT2D eigenvalue weighted by molar-refractivity contribution is -0.126. The van der Waals surface area contributed by atoms with Crippen LogP contribution in [0.4, 0.5) is 0 Å². The van der Waals surface area contributed by atoms with Crippen molar-refractivity contribution in [3.05, 3.63) is 0 Å². The van der Waals surface area contributed by atoms with Crippen LogP contribution in [0, 0.1) is 11.8 Å². The average molecular weight is 143 g/mol. The molecule has 4 heteroatoms. The minimum Gasteiger partial charge on any atom is -0.316 e. The van der Waals surface area contributed by atoms with E-state index in [1.54, 1.807) is 0 Å². The van der Waals surface area contributed by atoms with Gasteiger partial charge >= 0.3 is 0 Å². The SMILES string of the molecule is CC(C(=O)NN)C1CNC1. The fourth-order valence-corrected chi connectivity index (χ4v) is 1.01. The van der Waals surface area contributed by atoms with Crippen LogP contribution in [0.1, 0.15) is 6.92 Å². The molecule has 10 heavy (non-hydrogen) atoms. The fourth-order valence-electron chi connectivity index (χ4n) is 1.01. The van der Waals surface area contributed by atoms with Crippen LogP contribution in [-0.4, -0.2) is 19.0 Å². The summed E-state index contributed by atoms with van der Waals surface area (Å²) in [6.07, 6.45) is 0. The van der Waals surface area contributed by atoms with Gasteiger partial charge in [-0.3, -0.25) is 10.2 Å². The lowest BCUT2D eigenvalue weighted by atomic mass is 9.88. The molecule has 4 N–H and O–H groups in total. The Bertz CT molecular complexity index is 133. The van der Waals surface area contributed by atoms with Crippen molar-refractivity contribution in [2.24, 2.45) is 17.7 Å². The van der Waals surface area contributed by atoms with Gasteiger partial charge in [0.1, 0.15) is 0 Å². The van der Waals surface area contributed by atoms with Crippen LogP contribution in [0.25, 0.3) is 0 Å². The molecule has 1 heterocycles. The summed E-state index contributed by atoms with van der Waals surface area (Å²) in [5.74, 6) is 5.43. The second kappa shape index (κ2) is 2.98. The molecule has 1 aliphatic heterocycles. The summed E-state index contributed by atoms with van der Waals surface area (Å²) >= 11 is 0. The third kappa shape index (κ3) is 1.27. The highest BCUT2D eigenvalue weighted by molar-refractivity contribution is 5.78. The molecule has 1 unspecified atom stereocenters. The van der Waals surface area contributed by atoms with Crippen LogP contribution in [0.2, 0.25) is 0 Å². The van der Waals surface area contributed by atoms with E-state index in [1.165, 1.54) is 0 Å². The van der Waals surface area contributed by atoms with Gasteiger partial charge in [-0.2, -0.15) is 0 Å². The van der Waals surface area contributed by atoms with Gasteiger partial charge in [0.2, 0.25) is 5.91 Å². The lowest BCUT2D eigenvalue weighted by Gasteiger charge is -2.31. The second-order valence-electron chi connectivity index (χ2n) is 2.72. The summed E-state index contributed by atoms with van der Waals surface area (Å²) in [6, 6.07) is 0. The minimum atomic E-state index is -0.0634. The van der Waals surface area contributed by atoms with Crippen LogP contribution in [0.3, 0.4) is 0 Å². The molecule has 0 saturated carbocycles. The predicted molar refractivity (Wildman–Crippen MR) is 37.9 cm³/mol. The molecule has 1 amide bonds. The van der Waals surface area contributed by atoms with E-state index in [4.69, 9.17) is 5.84 Å². The maximum Gasteiger partial charge on any atom is 0.237 e. The molecule has 0 aromatic carbocycles. The molecule has 1 saturated heterocycles. The molecule has 0 aromatic heterocycles. The van der Waals surface area contributed by atoms with Crippen molar-refractivity contribution < 1.29 is 4.79 Å². The Morgan fingerprint density at radius 3 is 2.70 bits per heavy atom. The molecular formula is C6H13N3O. The summed E-state index contributed by atoms with van der Waals surface area (Å²) in [5.41, 5.74) is 2.15. The summed E-state index contributed by atoms with van der Waals surface area (Å²) in [5, 5.41) is 3.10. The van der Waals surface area contributed by atoms with E-state index in [1.807, 2.05) is 6.92 Å². The number of nitrogens with one attached hydrogen (secondary N) is 2. The van der Waals surface area contributed by atoms with E-state index >= 15 is 0 Å². The number of amides is 1. The number of hydrogen-bond donors (Lipinski definition) is 3. The van der Waals surface area contributed by atoms with Crippen LogP contribution in [0.15, 0.2) is 0 Å². The Hall–Kier alpha value is -0.610. The standard InChI is InChI=1S/C6H13N3O/c1-4(6(10)9-7)5-2-8-3-5/h4-5,8H,2-3,7H2,1H3,(H,9,10). The van der Waals surface area contributed by atoms with Crippen molar-refractivity contribution in [2.75, 3.05) is 13.1 Å². The molecule has 1 fully saturated rings. The number of carbonyl (C=O) groups is 1. The quantitative estimate of drug-likeness (QED) is 0.259. The van der Waals surface area contributed by atoms with Gasteiger partial charge in [-0.05, 0) is 19.0 Å². The predicted octanol–water partition coefficient (Wildman–Crippen LogP) is -1.17. The zero-order chi connectivity index (χ0) is 7.56. The highest BCUT2D eigenvalue weighted by atomic mass is 16.2. The molecule has 58 valence electrons. The van der Waals surface area contributed by atoms with Crippen molar-refractivity contribution in [3.8, 4) is 0 Å². The van der Waals surface area contributed by atoms with Gasteiger partial charge < -0.3 is 5.32 Å². The number of rotatable bonds is 2. The lowest BCUT2D eigenvalue weighted by Crippen LogP contribution is -2.50. The summed E-state index contributed by atoms with van der Waals surface area (Å²) < 4.78 is 0. The van der Waals surface area contributed by atoms with Crippen LogP contribution < -0.4 is 16.6 Å². The molecular weight excluding hydrogens is 130 g/mol. The number of carbonyl (C=O) groups excluding carboxylic acids is 1. The van der Waals surface area contributed by atoms with E-state index in [0.29, 0.717) is 5.92 Å². The van der Waals surface area contributed by atoms with Gasteiger partial charge in [-0.15, -0.1) is 0 Å². The van der Waals surface area contributed by atoms with E-state index in [9.17, 15) is 4.79 Å². The van der Waals surface area contributed by atoms with Gasteiger partial charge in [0.05, 0.1) is 0 Å². The largest absolute Gasteiger partial charge is 0.316 e. The van der Waals surface area contributed by atoms with Crippen LogP contribution in [0.5, 0.6) is 0 Å². The molecule has 0 spiro atoms. The Labute approximate surface area is 60.1 Å². The molecule has 1 aliphatic rings. The van der Waals surface area contributed by atoms with Gasteiger partial charge in [-0.1, -0.05) is 6.92 Å². The van der Waals surface area contributed by atoms with E-state index in [-0.39, 0.29) is 11.8 Å². The Kier molecular flexibility index (Phi) is 2.24. The first kappa shape index (κ1) is 7.50. The molecule has 1 rings (SSSR count). The molecule has 0 aliphatic carbocycles. The maximum absolute atomic E-state index is 10.9. The first-order valence-electron chi connectivity index (χ1n) is 3.47. The van der Waals surface area contributed by atoms with Crippen LogP contribution in [-0.2, 0) is 4.79 Å². The highest BCUT2D eigenvalue weighted by Crippen LogP contribution is 2.14. The van der Waals surface area contributed by atoms with Gasteiger partial charge in [0.15, 0.2) is 0 Å². The molecule has 1 atom stereocenters. The number of hydrazine groups is 1. The topological polar surface area (TPSA) is 67.2 Å². The number of hydrogen-bond acceptors (Lipinski definition) is 3. The van der Waals surface area contributed by atoms with Crippen molar-refractivity contribution in [2.45, 2.75) is 6.92 Å². The van der Waals surface area contributed by atoms with Crippen LogP contribution >= 0.6 is 0 Å². The third-order valence-corrected chi connectivity index (χ3v) is 2.08. The number of nitrogens with two attached hydrogens (primary N) is 1. The van der Waals surface area contributed by atoms with Crippen molar-refractivity contribution >= 4 is 5.91 Å². The first-order valence-corrected chi connectivity index (χ1v) is 3.47. The maximum atomic E-state index is 10.9. The Balaban J connectivity index is 2.31. The molecule has 0 bridgehead atoms. The first-order chi connectivity index (χ1) is 4.75. The summed E-state index contributed by atoms with van der Waals surface area (Å²) in [4.78, 5) is 10.9. The minimum absolute atomic E-state index is 0.0475. The summed E-state index contributed by atoms with van der Waals surface area (Å²) in [7, 11) is 0. The van der Waals surface area contributed by atoms with Crippen molar-refractivity contribution in [1.82, 2.24) is 10.7 Å². The van der Waals surface area contributed by atoms with E-state index in [0.717, 1.165) is 13.1 Å². The average Bonchev–Trinajstić information content (AvgIpc) is 1.82. The zero-order valence-electron chi connectivity index (χ0n) is 6.05. The fraction of sp³-hybridized carbons (Fsp3) is 0.833. The van der Waals surface area contributed by atoms with E-state index < -0.39 is 0 Å². The molecule has 0 aromatic rings. The highest BCUT2D eigenvalue weighted by Gasteiger charge is 2.27. The van der Waals surface area contributed by atoms with Gasteiger partial charge in [0, 0.05) is 5.92 Å². The second-order valence-corrected chi connectivity index (χ2v) is 2.72. The smallest absolute Gasteiger partial charge is 0.237 e. The van der Waals surface area contributed by atoms with Gasteiger partial charge in [0.25, 0.3) is 0 Å². The summed E-state index contributed by atoms with van der Waals surface area (Å²) in [6.45, 7) is 3.77.